The zero-order valence-electron chi connectivity index (χ0n) is 32.4. The summed E-state index contributed by atoms with van der Waals surface area (Å²) in [5.41, 5.74) is -1.70. The standard InChI is InChI=1S/C38H56ClN3O10S/c1-22(2)53-15-14-32(43)41(7)25(5)35(45)52-31-19-33(44)42(8)27-17-26(18-28(49-9)34(27)39)16-23(3)12-11-13-30(50-10)38(48)21-29(51-36(46)40-38)24(4)20-37(31,6)47/h11-13,17-18,22,24-25,29-31,47-48H,14-16,19-21H2,1-10H3,(H,40,46)/b13-11+,23-12+/t24-,25-,29-,30+,31-,37?,38-/m0/s1. The van der Waals surface area contributed by atoms with Crippen molar-refractivity contribution in [2.75, 3.05) is 39.0 Å². The number of allylic oxidation sites excluding steroid dienone is 3. The number of benzene rings is 1. The molecule has 0 aromatic heterocycles. The summed E-state index contributed by atoms with van der Waals surface area (Å²) >= 11 is 8.36. The number of carbonyl (C=O) groups excluding carboxylic acids is 4. The van der Waals surface area contributed by atoms with Crippen LogP contribution in [0.25, 0.3) is 0 Å². The largest absolute Gasteiger partial charge is 0.495 e. The van der Waals surface area contributed by atoms with Crippen LogP contribution < -0.4 is 15.0 Å². The second-order valence-corrected chi connectivity index (χ2v) is 16.6. The molecule has 0 radical (unpaired) electrons. The highest BCUT2D eigenvalue weighted by Gasteiger charge is 2.48. The van der Waals surface area contributed by atoms with Gasteiger partial charge in [0.2, 0.25) is 11.8 Å². The number of nitrogens with one attached hydrogen (secondary N) is 1. The summed E-state index contributed by atoms with van der Waals surface area (Å²) in [6.07, 6.45) is 0.997. The zero-order chi connectivity index (χ0) is 39.8. The summed E-state index contributed by atoms with van der Waals surface area (Å²) < 4.78 is 22.7. The summed E-state index contributed by atoms with van der Waals surface area (Å²) in [5, 5.41) is 26.8. The average molecular weight is 782 g/mol. The van der Waals surface area contributed by atoms with Crippen molar-refractivity contribution < 1.29 is 48.3 Å². The van der Waals surface area contributed by atoms with E-state index in [1.807, 2.05) is 26.8 Å². The Hall–Kier alpha value is -3.30. The fraction of sp³-hybridized carbons (Fsp3) is 0.632. The van der Waals surface area contributed by atoms with Crippen molar-refractivity contribution >= 4 is 52.9 Å². The van der Waals surface area contributed by atoms with Gasteiger partial charge in [-0.15, -0.1) is 0 Å². The van der Waals surface area contributed by atoms with Crippen LogP contribution in [-0.4, -0.2) is 114 Å². The van der Waals surface area contributed by atoms with Gasteiger partial charge >= 0.3 is 12.1 Å². The van der Waals surface area contributed by atoms with Gasteiger partial charge in [0.1, 0.15) is 35.1 Å². The first kappa shape index (κ1) is 44.1. The number of methoxy groups -OCH3 is 2. The Balaban J connectivity index is 2.08. The van der Waals surface area contributed by atoms with Crippen molar-refractivity contribution in [1.29, 1.82) is 0 Å². The first-order valence-electron chi connectivity index (χ1n) is 17.7. The lowest BCUT2D eigenvalue weighted by Crippen LogP contribution is -2.63. The van der Waals surface area contributed by atoms with Gasteiger partial charge in [0.05, 0.1) is 24.8 Å². The quantitative estimate of drug-likeness (QED) is 0.288. The van der Waals surface area contributed by atoms with E-state index >= 15 is 0 Å². The molecule has 2 heterocycles. The molecule has 7 atom stereocenters. The van der Waals surface area contributed by atoms with Crippen LogP contribution in [0.15, 0.2) is 35.9 Å². The van der Waals surface area contributed by atoms with Gasteiger partial charge in [0, 0.05) is 39.8 Å². The Morgan fingerprint density at radius 1 is 1.19 bits per heavy atom. The van der Waals surface area contributed by atoms with Crippen LogP contribution in [0.3, 0.4) is 0 Å². The molecule has 4 bridgehead atoms. The van der Waals surface area contributed by atoms with Gasteiger partial charge in [-0.2, -0.15) is 11.8 Å². The number of carbonyl (C=O) groups is 4. The number of amides is 3. The lowest BCUT2D eigenvalue weighted by molar-refractivity contribution is -0.176. The molecular formula is C38H56ClN3O10S. The molecule has 15 heteroatoms. The highest BCUT2D eigenvalue weighted by Crippen LogP contribution is 2.38. The number of esters is 1. The summed E-state index contributed by atoms with van der Waals surface area (Å²) in [7, 11) is 5.92. The van der Waals surface area contributed by atoms with Crippen molar-refractivity contribution in [3.63, 3.8) is 0 Å². The lowest BCUT2D eigenvalue weighted by atomic mass is 9.81. The summed E-state index contributed by atoms with van der Waals surface area (Å²) in [5.74, 6) is -1.28. The number of hydrogen-bond acceptors (Lipinski definition) is 11. The summed E-state index contributed by atoms with van der Waals surface area (Å²) in [6.45, 7) is 10.6. The van der Waals surface area contributed by atoms with Crippen LogP contribution >= 0.6 is 23.4 Å². The lowest BCUT2D eigenvalue weighted by Gasteiger charge is -2.43. The molecule has 1 fully saturated rings. The Bertz CT molecular complexity index is 1550. The normalized spacial score (nSPS) is 29.3. The van der Waals surface area contributed by atoms with Gasteiger partial charge in [-0.05, 0) is 62.5 Å². The highest BCUT2D eigenvalue weighted by atomic mass is 35.5. The van der Waals surface area contributed by atoms with E-state index in [9.17, 15) is 29.4 Å². The maximum atomic E-state index is 14.1. The van der Waals surface area contributed by atoms with Crippen molar-refractivity contribution in [3.8, 4) is 5.75 Å². The van der Waals surface area contributed by atoms with Crippen LogP contribution in [-0.2, 0) is 35.0 Å². The monoisotopic (exact) mass is 781 g/mol. The van der Waals surface area contributed by atoms with Crippen molar-refractivity contribution in [2.45, 2.75) is 115 Å². The molecule has 3 amide bonds. The number of likely N-dealkylation sites (N-methyl/N-ethyl adjacent to an activating group) is 1. The third kappa shape index (κ3) is 11.6. The van der Waals surface area contributed by atoms with E-state index in [0.717, 1.165) is 11.1 Å². The van der Waals surface area contributed by atoms with Crippen molar-refractivity contribution in [1.82, 2.24) is 10.2 Å². The van der Waals surface area contributed by atoms with E-state index < -0.39 is 66.0 Å². The number of aliphatic hydroxyl groups is 2. The minimum absolute atomic E-state index is 0.100. The third-order valence-corrected chi connectivity index (χ3v) is 11.2. The van der Waals surface area contributed by atoms with E-state index in [2.05, 4.69) is 5.32 Å². The summed E-state index contributed by atoms with van der Waals surface area (Å²) in [6, 6.07) is 2.50. The molecule has 13 nitrogen and oxygen atoms in total. The number of fused-ring (bicyclic) bond motifs is 4. The molecule has 2 aliphatic rings. The Morgan fingerprint density at radius 3 is 2.49 bits per heavy atom. The molecular weight excluding hydrogens is 726 g/mol. The van der Waals surface area contributed by atoms with E-state index in [4.69, 9.17) is 30.5 Å². The third-order valence-electron chi connectivity index (χ3n) is 9.76. The highest BCUT2D eigenvalue weighted by molar-refractivity contribution is 7.99. The zero-order valence-corrected chi connectivity index (χ0v) is 34.0. The van der Waals surface area contributed by atoms with Gasteiger partial charge in [-0.3, -0.25) is 14.9 Å². The van der Waals surface area contributed by atoms with Gasteiger partial charge in [-0.25, -0.2) is 9.59 Å². The number of rotatable bonds is 9. The van der Waals surface area contributed by atoms with Crippen molar-refractivity contribution in [3.05, 3.63) is 46.5 Å². The van der Waals surface area contributed by atoms with Crippen LogP contribution in [0.4, 0.5) is 10.5 Å². The Labute approximate surface area is 322 Å². The summed E-state index contributed by atoms with van der Waals surface area (Å²) in [4.78, 5) is 56.1. The molecule has 3 rings (SSSR count). The number of hydrogen-bond donors (Lipinski definition) is 3. The topological polar surface area (TPSA) is 164 Å². The number of ether oxygens (including phenoxy) is 4. The molecule has 296 valence electrons. The second-order valence-electron chi connectivity index (χ2n) is 14.5. The van der Waals surface area contributed by atoms with Gasteiger partial charge in [0.25, 0.3) is 0 Å². The van der Waals surface area contributed by atoms with E-state index in [1.165, 1.54) is 52.0 Å². The molecule has 1 aromatic carbocycles. The number of nitrogens with zero attached hydrogens (tertiary/aromatic N) is 2. The number of alkyl carbamates (subject to hydrolysis) is 1. The van der Waals surface area contributed by atoms with Gasteiger partial charge in [-0.1, -0.05) is 56.2 Å². The first-order valence-corrected chi connectivity index (χ1v) is 19.2. The van der Waals surface area contributed by atoms with Crippen LogP contribution in [0.2, 0.25) is 5.02 Å². The minimum Gasteiger partial charge on any atom is -0.495 e. The molecule has 3 N–H and O–H groups in total. The minimum atomic E-state index is -1.87. The molecule has 0 aliphatic carbocycles. The molecule has 0 spiro atoms. The smallest absolute Gasteiger partial charge is 0.409 e. The molecule has 1 aromatic rings. The van der Waals surface area contributed by atoms with Crippen LogP contribution in [0.1, 0.15) is 72.8 Å². The Morgan fingerprint density at radius 2 is 1.87 bits per heavy atom. The number of halogens is 1. The van der Waals surface area contributed by atoms with E-state index in [-0.39, 0.29) is 30.2 Å². The van der Waals surface area contributed by atoms with Gasteiger partial charge in [0.15, 0.2) is 5.72 Å². The van der Waals surface area contributed by atoms with Crippen LogP contribution in [0, 0.1) is 5.92 Å². The molecule has 1 unspecified atom stereocenters. The fourth-order valence-corrected chi connectivity index (χ4v) is 7.50. The van der Waals surface area contributed by atoms with E-state index in [1.54, 1.807) is 43.0 Å². The van der Waals surface area contributed by atoms with Crippen LogP contribution in [0.5, 0.6) is 5.75 Å². The molecule has 0 saturated carbocycles. The number of anilines is 1. The molecule has 53 heavy (non-hydrogen) atoms. The van der Waals surface area contributed by atoms with Crippen molar-refractivity contribution in [2.24, 2.45) is 5.92 Å². The maximum absolute atomic E-state index is 14.1. The average Bonchev–Trinajstić information content (AvgIpc) is 3.07. The van der Waals surface area contributed by atoms with E-state index in [0.29, 0.717) is 28.9 Å². The SMILES string of the molecule is COc1cc2cc(c1Cl)N(C)C(=O)C[C@H](OC(=O)[C@H](C)N(C)C(=O)CCSC(C)C)C(C)(O)C[C@H](C)[C@@H]1C[C@@](O)(NC(=O)O1)[C@H](OC)/C=C/C=C(\C)C2. The predicted octanol–water partition coefficient (Wildman–Crippen LogP) is 5.03. The maximum Gasteiger partial charge on any atom is 0.409 e. The Kier molecular flexibility index (Phi) is 15.7. The molecule has 1 saturated heterocycles. The predicted molar refractivity (Wildman–Crippen MR) is 205 cm³/mol. The number of thioether (sulfide) groups is 1. The molecule has 2 aliphatic heterocycles. The fourth-order valence-electron chi connectivity index (χ4n) is 6.42. The van der Waals surface area contributed by atoms with Gasteiger partial charge < -0.3 is 39.0 Å². The second kappa shape index (κ2) is 18.8. The first-order chi connectivity index (χ1) is 24.7.